The fraction of sp³-hybridized carbons (Fsp3) is 0.333. The van der Waals surface area contributed by atoms with Gasteiger partial charge in [0.1, 0.15) is 11.6 Å². The second kappa shape index (κ2) is 7.38. The van der Waals surface area contributed by atoms with Crippen LogP contribution in [0.5, 0.6) is 0 Å². The monoisotopic (exact) mass is 427 g/mol. The van der Waals surface area contributed by atoms with E-state index in [1.807, 2.05) is 6.07 Å². The lowest BCUT2D eigenvalue weighted by Crippen LogP contribution is -2.47. The van der Waals surface area contributed by atoms with E-state index < -0.39 is 17.3 Å². The largest absolute Gasteiger partial charge is 0.465 e. The first-order chi connectivity index (χ1) is 14.9. The van der Waals surface area contributed by atoms with Crippen LogP contribution < -0.4 is 22.1 Å². The van der Waals surface area contributed by atoms with Crippen LogP contribution in [0.15, 0.2) is 47.1 Å². The Bertz CT molecular complexity index is 1160. The van der Waals surface area contributed by atoms with Crippen molar-refractivity contribution < 1.29 is 13.2 Å². The van der Waals surface area contributed by atoms with Crippen molar-refractivity contribution in [3.05, 3.63) is 71.2 Å². The van der Waals surface area contributed by atoms with Gasteiger partial charge in [-0.25, -0.2) is 13.5 Å². The van der Waals surface area contributed by atoms with Gasteiger partial charge >= 0.3 is 0 Å². The molecule has 1 fully saturated rings. The van der Waals surface area contributed by atoms with Gasteiger partial charge in [0.2, 0.25) is 5.62 Å². The van der Waals surface area contributed by atoms with Crippen LogP contribution >= 0.6 is 0 Å². The summed E-state index contributed by atoms with van der Waals surface area (Å²) >= 11 is 0. The van der Waals surface area contributed by atoms with E-state index >= 15 is 0 Å². The van der Waals surface area contributed by atoms with Crippen molar-refractivity contribution in [1.82, 2.24) is 14.6 Å². The number of nitrogens with two attached hydrogens (primary N) is 1. The number of nitrogen functional groups attached to an aromatic ring is 1. The summed E-state index contributed by atoms with van der Waals surface area (Å²) < 4.78 is 35.2. The van der Waals surface area contributed by atoms with Gasteiger partial charge in [0.25, 0.3) is 0 Å². The van der Waals surface area contributed by atoms with Crippen molar-refractivity contribution in [2.75, 3.05) is 23.0 Å². The Morgan fingerprint density at radius 1 is 1.29 bits per heavy atom. The zero-order chi connectivity index (χ0) is 21.6. The molecule has 8 nitrogen and oxygen atoms in total. The van der Waals surface area contributed by atoms with E-state index in [0.29, 0.717) is 30.1 Å². The van der Waals surface area contributed by atoms with E-state index in [1.165, 1.54) is 10.7 Å². The van der Waals surface area contributed by atoms with E-state index in [1.54, 1.807) is 24.5 Å². The maximum atomic E-state index is 14.3. The Kier molecular flexibility index (Phi) is 4.66. The van der Waals surface area contributed by atoms with Gasteiger partial charge in [-0.2, -0.15) is 4.98 Å². The molecule has 2 aliphatic rings. The predicted octanol–water partition coefficient (Wildman–Crippen LogP) is 2.69. The van der Waals surface area contributed by atoms with Crippen molar-refractivity contribution in [2.45, 2.75) is 37.5 Å². The summed E-state index contributed by atoms with van der Waals surface area (Å²) in [6.07, 6.45) is 4.02. The van der Waals surface area contributed by atoms with Crippen LogP contribution in [0.25, 0.3) is 0 Å². The number of halogens is 2. The lowest BCUT2D eigenvalue weighted by atomic mass is 9.96. The van der Waals surface area contributed by atoms with E-state index in [9.17, 15) is 8.78 Å². The quantitative estimate of drug-likeness (QED) is 0.499. The molecule has 31 heavy (non-hydrogen) atoms. The van der Waals surface area contributed by atoms with E-state index in [0.717, 1.165) is 25.5 Å². The molecule has 4 heterocycles. The predicted molar refractivity (Wildman–Crippen MR) is 110 cm³/mol. The normalized spacial score (nSPS) is 22.8. The summed E-state index contributed by atoms with van der Waals surface area (Å²) in [6, 6.07) is 9.67. The molecular formula is C21H23F2N7O. The first-order valence-corrected chi connectivity index (χ1v) is 10.2. The molecule has 5 rings (SSSR count). The molecule has 0 amide bonds. The zero-order valence-electron chi connectivity index (χ0n) is 16.7. The van der Waals surface area contributed by atoms with Gasteiger partial charge in [0, 0.05) is 30.6 Å². The Morgan fingerprint density at radius 3 is 2.97 bits per heavy atom. The van der Waals surface area contributed by atoms with Crippen LogP contribution in [0.4, 0.5) is 20.4 Å². The smallest absolute Gasteiger partial charge is 0.244 e. The molecule has 0 saturated carbocycles. The molecule has 2 aromatic heterocycles. The molecule has 0 bridgehead atoms. The van der Waals surface area contributed by atoms with Crippen LogP contribution in [0.1, 0.15) is 30.6 Å². The summed E-state index contributed by atoms with van der Waals surface area (Å²) in [5.74, 6) is -0.133. The second-order valence-electron chi connectivity index (χ2n) is 8.03. The molecule has 2 atom stereocenters. The molecule has 10 heteroatoms. The van der Waals surface area contributed by atoms with Crippen molar-refractivity contribution >= 4 is 11.6 Å². The third-order valence-corrected chi connectivity index (χ3v) is 6.00. The van der Waals surface area contributed by atoms with E-state index in [2.05, 4.69) is 20.6 Å². The number of anilines is 2. The molecule has 2 aliphatic heterocycles. The molecule has 0 spiro atoms. The molecule has 3 aromatic rings. The maximum Gasteiger partial charge on any atom is 0.244 e. The number of aromatic nitrogens is 2. The molecule has 162 valence electrons. The Labute approximate surface area is 177 Å². The minimum Gasteiger partial charge on any atom is -0.465 e. The summed E-state index contributed by atoms with van der Waals surface area (Å²) in [5, 5.41) is 11.6. The van der Waals surface area contributed by atoms with Crippen LogP contribution in [-0.4, -0.2) is 27.1 Å². The number of rotatable bonds is 5. The van der Waals surface area contributed by atoms with Gasteiger partial charge in [0.05, 0.1) is 6.26 Å². The van der Waals surface area contributed by atoms with Gasteiger partial charge in [-0.3, -0.25) is 15.7 Å². The van der Waals surface area contributed by atoms with Gasteiger partial charge in [-0.15, -0.1) is 0 Å². The van der Waals surface area contributed by atoms with E-state index in [4.69, 9.17) is 15.6 Å². The van der Waals surface area contributed by atoms with Crippen molar-refractivity contribution in [1.29, 1.82) is 5.41 Å². The minimum atomic E-state index is -0.838. The maximum absolute atomic E-state index is 14.3. The van der Waals surface area contributed by atoms with Gasteiger partial charge in [-0.05, 0) is 37.6 Å². The number of furan rings is 1. The molecule has 1 saturated heterocycles. The van der Waals surface area contributed by atoms with Crippen LogP contribution in [0, 0.1) is 17.0 Å². The average molecular weight is 427 g/mol. The first-order valence-electron chi connectivity index (χ1n) is 10.2. The highest BCUT2D eigenvalue weighted by Gasteiger charge is 2.45. The highest BCUT2D eigenvalue weighted by Crippen LogP contribution is 2.38. The number of fused-ring (bicyclic) bond motifs is 1. The SMILES string of the molecule is N=c1nc(N)cc2n1NC(CC1CCCN1Cc1cccc(F)c1F)(c1ccco1)N2. The molecule has 2 unspecified atom stereocenters. The zero-order valence-corrected chi connectivity index (χ0v) is 16.7. The van der Waals surface area contributed by atoms with Crippen LogP contribution in [0.2, 0.25) is 0 Å². The highest BCUT2D eigenvalue weighted by molar-refractivity contribution is 5.52. The lowest BCUT2D eigenvalue weighted by molar-refractivity contribution is 0.198. The fourth-order valence-corrected chi connectivity index (χ4v) is 4.58. The molecule has 0 aliphatic carbocycles. The standard InChI is InChI=1S/C21H23F2N7O/c22-15-6-1-4-13(19(15)23)12-29-8-2-5-14(29)11-21(16-7-3-9-31-16)27-18-10-17(24)26-20(25)30(18)28-21/h1,3-4,6-7,9-10,14,27-28H,2,5,8,11-12H2,(H3,24,25,26). The topological polar surface area (TPSA) is 108 Å². The summed E-state index contributed by atoms with van der Waals surface area (Å²) in [4.78, 5) is 6.16. The second-order valence-corrected chi connectivity index (χ2v) is 8.03. The fourth-order valence-electron chi connectivity index (χ4n) is 4.58. The van der Waals surface area contributed by atoms with Gasteiger partial charge in [0.15, 0.2) is 23.1 Å². The summed E-state index contributed by atoms with van der Waals surface area (Å²) in [5.41, 5.74) is 8.63. The third-order valence-electron chi connectivity index (χ3n) is 6.00. The number of likely N-dealkylation sites (tertiary alicyclic amines) is 1. The molecule has 1 aromatic carbocycles. The molecular weight excluding hydrogens is 404 g/mol. The van der Waals surface area contributed by atoms with Crippen molar-refractivity contribution in [3.63, 3.8) is 0 Å². The number of benzene rings is 1. The van der Waals surface area contributed by atoms with Gasteiger partial charge < -0.3 is 15.5 Å². The third kappa shape index (κ3) is 3.42. The summed E-state index contributed by atoms with van der Waals surface area (Å²) in [6.45, 7) is 1.11. The van der Waals surface area contributed by atoms with Gasteiger partial charge in [-0.1, -0.05) is 12.1 Å². The van der Waals surface area contributed by atoms with Crippen molar-refractivity contribution in [3.8, 4) is 0 Å². The minimum absolute atomic E-state index is 0.0268. The Hall–Kier alpha value is -3.40. The lowest BCUT2D eigenvalue weighted by Gasteiger charge is -2.34. The van der Waals surface area contributed by atoms with Crippen LogP contribution in [-0.2, 0) is 12.2 Å². The molecule has 5 N–H and O–H groups in total. The van der Waals surface area contributed by atoms with Crippen LogP contribution in [0.3, 0.4) is 0 Å². The number of nitrogens with zero attached hydrogens (tertiary/aromatic N) is 3. The first kappa shape index (κ1) is 19.6. The van der Waals surface area contributed by atoms with E-state index in [-0.39, 0.29) is 17.5 Å². The molecule has 0 radical (unpaired) electrons. The number of hydrogen-bond acceptors (Lipinski definition) is 7. The Balaban J connectivity index is 1.45. The average Bonchev–Trinajstić information content (AvgIpc) is 3.46. The Morgan fingerprint density at radius 2 is 2.16 bits per heavy atom. The number of hydrogen-bond donors (Lipinski definition) is 4. The summed E-state index contributed by atoms with van der Waals surface area (Å²) in [7, 11) is 0. The highest BCUT2D eigenvalue weighted by atomic mass is 19.2. The van der Waals surface area contributed by atoms with Crippen molar-refractivity contribution in [2.24, 2.45) is 0 Å². The number of nitrogens with one attached hydrogen (secondary N) is 3.